The van der Waals surface area contributed by atoms with Crippen molar-refractivity contribution < 1.29 is 9.26 Å². The topological polar surface area (TPSA) is 78.9 Å². The van der Waals surface area contributed by atoms with Crippen molar-refractivity contribution in [2.24, 2.45) is 0 Å². The van der Waals surface area contributed by atoms with Crippen LogP contribution in [0.4, 0.5) is 0 Å². The lowest BCUT2D eigenvalue weighted by atomic mass is 10.3. The molecule has 0 spiro atoms. The number of fused-ring (bicyclic) bond motifs is 1. The molecule has 0 amide bonds. The summed E-state index contributed by atoms with van der Waals surface area (Å²) < 4.78 is 12.2. The third kappa shape index (κ3) is 2.44. The summed E-state index contributed by atoms with van der Waals surface area (Å²) in [6.07, 6.45) is 1.44. The Kier molecular flexibility index (Phi) is 3.50. The van der Waals surface area contributed by atoms with E-state index in [1.807, 2.05) is 24.5 Å². The summed E-state index contributed by atoms with van der Waals surface area (Å²) in [4.78, 5) is 12.9. The van der Waals surface area contributed by atoms with E-state index in [0.29, 0.717) is 29.4 Å². The van der Waals surface area contributed by atoms with Gasteiger partial charge in [-0.3, -0.25) is 0 Å². The predicted molar refractivity (Wildman–Crippen MR) is 76.5 cm³/mol. The Labute approximate surface area is 125 Å². The second kappa shape index (κ2) is 5.33. The van der Waals surface area contributed by atoms with Gasteiger partial charge in [-0.2, -0.15) is 4.98 Å². The largest absolute Gasteiger partial charge is 0.479 e. The van der Waals surface area contributed by atoms with Crippen LogP contribution in [0.5, 0.6) is 5.88 Å². The van der Waals surface area contributed by atoms with Gasteiger partial charge in [-0.25, -0.2) is 9.97 Å². The molecule has 110 valence electrons. The van der Waals surface area contributed by atoms with E-state index in [2.05, 4.69) is 20.1 Å². The molecule has 3 heterocycles. The van der Waals surface area contributed by atoms with Gasteiger partial charge in [0.2, 0.25) is 5.88 Å². The fraction of sp³-hybridized carbons (Fsp3) is 0.385. The third-order valence-corrected chi connectivity index (χ3v) is 3.27. The zero-order valence-electron chi connectivity index (χ0n) is 11.9. The van der Waals surface area contributed by atoms with E-state index < -0.39 is 0 Å². The maximum Gasteiger partial charge on any atom is 0.245 e. The number of methoxy groups -OCH3 is 1. The van der Waals surface area contributed by atoms with Gasteiger partial charge in [0.25, 0.3) is 0 Å². The van der Waals surface area contributed by atoms with Crippen molar-refractivity contribution in [3.05, 3.63) is 29.7 Å². The SMILES string of the molecule is COc1ncnc2c1nc(C(C)Cl)n2Cc1cc(C)on1. The van der Waals surface area contributed by atoms with Crippen molar-refractivity contribution in [1.82, 2.24) is 24.7 Å². The number of aromatic nitrogens is 5. The van der Waals surface area contributed by atoms with Crippen LogP contribution in [0.15, 0.2) is 16.9 Å². The second-order valence-corrected chi connectivity index (χ2v) is 5.31. The molecule has 3 rings (SSSR count). The standard InChI is InChI=1S/C13H14ClN5O2/c1-7-4-9(18-21-7)5-19-11(8(2)14)17-10-12(19)15-6-16-13(10)20-3/h4,6,8H,5H2,1-3H3. The number of imidazole rings is 1. The van der Waals surface area contributed by atoms with E-state index in [1.165, 1.54) is 6.33 Å². The molecule has 0 aliphatic rings. The molecule has 21 heavy (non-hydrogen) atoms. The van der Waals surface area contributed by atoms with Crippen LogP contribution in [-0.4, -0.2) is 31.8 Å². The smallest absolute Gasteiger partial charge is 0.245 e. The minimum Gasteiger partial charge on any atom is -0.479 e. The average Bonchev–Trinajstić information content (AvgIpc) is 3.03. The number of hydrogen-bond acceptors (Lipinski definition) is 6. The van der Waals surface area contributed by atoms with Crippen LogP contribution >= 0.6 is 11.6 Å². The maximum atomic E-state index is 6.23. The molecule has 0 aliphatic heterocycles. The zero-order valence-corrected chi connectivity index (χ0v) is 12.6. The minimum atomic E-state index is -0.281. The van der Waals surface area contributed by atoms with E-state index in [-0.39, 0.29) is 5.38 Å². The molecule has 1 unspecified atom stereocenters. The lowest BCUT2D eigenvalue weighted by Crippen LogP contribution is -2.06. The summed E-state index contributed by atoms with van der Waals surface area (Å²) in [5.41, 5.74) is 2.02. The number of hydrogen-bond donors (Lipinski definition) is 0. The molecule has 0 aromatic carbocycles. The first-order valence-electron chi connectivity index (χ1n) is 6.41. The van der Waals surface area contributed by atoms with Crippen molar-refractivity contribution >= 4 is 22.8 Å². The Bertz CT molecular complexity index is 780. The molecular formula is C13H14ClN5O2. The molecule has 3 aromatic rings. The van der Waals surface area contributed by atoms with E-state index in [9.17, 15) is 0 Å². The lowest BCUT2D eigenvalue weighted by Gasteiger charge is -2.07. The van der Waals surface area contributed by atoms with Gasteiger partial charge in [-0.1, -0.05) is 5.16 Å². The number of aryl methyl sites for hydroxylation is 1. The van der Waals surface area contributed by atoms with E-state index in [0.717, 1.165) is 11.5 Å². The molecule has 0 N–H and O–H groups in total. The lowest BCUT2D eigenvalue weighted by molar-refractivity contribution is 0.389. The summed E-state index contributed by atoms with van der Waals surface area (Å²) in [5.74, 6) is 1.86. The minimum absolute atomic E-state index is 0.281. The first-order chi connectivity index (χ1) is 10.1. The number of rotatable bonds is 4. The first-order valence-corrected chi connectivity index (χ1v) is 6.85. The van der Waals surface area contributed by atoms with Crippen molar-refractivity contribution in [2.45, 2.75) is 25.8 Å². The van der Waals surface area contributed by atoms with Gasteiger partial charge < -0.3 is 13.8 Å². The first kappa shape index (κ1) is 13.8. The normalized spacial score (nSPS) is 12.8. The van der Waals surface area contributed by atoms with Gasteiger partial charge >= 0.3 is 0 Å². The number of nitrogens with zero attached hydrogens (tertiary/aromatic N) is 5. The second-order valence-electron chi connectivity index (χ2n) is 4.66. The van der Waals surface area contributed by atoms with Crippen LogP contribution in [0.2, 0.25) is 0 Å². The Hall–Kier alpha value is -2.15. The van der Waals surface area contributed by atoms with Crippen LogP contribution in [-0.2, 0) is 6.54 Å². The Morgan fingerprint density at radius 3 is 2.86 bits per heavy atom. The van der Waals surface area contributed by atoms with Crippen molar-refractivity contribution in [1.29, 1.82) is 0 Å². The summed E-state index contributed by atoms with van der Waals surface area (Å²) in [5, 5.41) is 3.72. The number of ether oxygens (including phenoxy) is 1. The Morgan fingerprint density at radius 2 is 2.24 bits per heavy atom. The number of halogens is 1. The highest BCUT2D eigenvalue weighted by Crippen LogP contribution is 2.27. The summed E-state index contributed by atoms with van der Waals surface area (Å²) in [6.45, 7) is 4.17. The molecule has 0 bridgehead atoms. The monoisotopic (exact) mass is 307 g/mol. The van der Waals surface area contributed by atoms with Gasteiger partial charge in [0.15, 0.2) is 11.2 Å². The molecule has 0 saturated heterocycles. The highest BCUT2D eigenvalue weighted by molar-refractivity contribution is 6.20. The van der Waals surface area contributed by atoms with E-state index in [1.54, 1.807) is 7.11 Å². The molecule has 0 fully saturated rings. The van der Waals surface area contributed by atoms with Gasteiger partial charge in [-0.15, -0.1) is 11.6 Å². The summed E-state index contributed by atoms with van der Waals surface area (Å²) >= 11 is 6.23. The number of alkyl halides is 1. The molecule has 1 atom stereocenters. The third-order valence-electron chi connectivity index (χ3n) is 3.07. The molecule has 7 nitrogen and oxygen atoms in total. The quantitative estimate of drug-likeness (QED) is 0.689. The molecule has 0 saturated carbocycles. The fourth-order valence-electron chi connectivity index (χ4n) is 2.20. The van der Waals surface area contributed by atoms with Gasteiger partial charge in [0.1, 0.15) is 23.6 Å². The Balaban J connectivity index is 2.16. The summed E-state index contributed by atoms with van der Waals surface area (Å²) in [6, 6.07) is 1.87. The Morgan fingerprint density at radius 1 is 1.43 bits per heavy atom. The van der Waals surface area contributed by atoms with Crippen molar-refractivity contribution in [3.63, 3.8) is 0 Å². The van der Waals surface area contributed by atoms with Gasteiger partial charge in [0, 0.05) is 6.07 Å². The summed E-state index contributed by atoms with van der Waals surface area (Å²) in [7, 11) is 1.55. The zero-order chi connectivity index (χ0) is 15.0. The molecule has 8 heteroatoms. The van der Waals surface area contributed by atoms with Crippen LogP contribution in [0.3, 0.4) is 0 Å². The maximum absolute atomic E-state index is 6.23. The molecule has 0 aliphatic carbocycles. The van der Waals surface area contributed by atoms with Crippen LogP contribution in [0.25, 0.3) is 11.2 Å². The van der Waals surface area contributed by atoms with Crippen LogP contribution < -0.4 is 4.74 Å². The van der Waals surface area contributed by atoms with Gasteiger partial charge in [-0.05, 0) is 13.8 Å². The van der Waals surface area contributed by atoms with Gasteiger partial charge in [0.05, 0.1) is 19.0 Å². The highest BCUT2D eigenvalue weighted by Gasteiger charge is 2.20. The average molecular weight is 308 g/mol. The van der Waals surface area contributed by atoms with Crippen LogP contribution in [0, 0.1) is 6.92 Å². The van der Waals surface area contributed by atoms with E-state index in [4.69, 9.17) is 20.9 Å². The molecule has 0 radical (unpaired) electrons. The molecular weight excluding hydrogens is 294 g/mol. The van der Waals surface area contributed by atoms with Crippen molar-refractivity contribution in [3.8, 4) is 5.88 Å². The van der Waals surface area contributed by atoms with Crippen LogP contribution in [0.1, 0.15) is 29.6 Å². The van der Waals surface area contributed by atoms with E-state index >= 15 is 0 Å². The molecule has 3 aromatic heterocycles. The van der Waals surface area contributed by atoms with Crippen molar-refractivity contribution in [2.75, 3.05) is 7.11 Å². The highest BCUT2D eigenvalue weighted by atomic mass is 35.5. The fourth-order valence-corrected chi connectivity index (χ4v) is 2.36. The predicted octanol–water partition coefficient (Wildman–Crippen LogP) is 2.48.